The monoisotopic (exact) mass is 162 g/mol. The van der Waals surface area contributed by atoms with Crippen molar-refractivity contribution in [1.29, 1.82) is 0 Å². The second kappa shape index (κ2) is 8.98. The first-order chi connectivity index (χ1) is 4.91. The molecule has 0 radical (unpaired) electrons. The lowest BCUT2D eigenvalue weighted by atomic mass is 10.4. The molecule has 0 unspecified atom stereocenters. The lowest BCUT2D eigenvalue weighted by molar-refractivity contribution is -0.107. The number of carbonyl (C=O) groups excluding carboxylic acids is 1. The first kappa shape index (κ1) is 9.98. The van der Waals surface area contributed by atoms with Crippen molar-refractivity contribution in [2.45, 2.75) is 19.3 Å². The van der Waals surface area contributed by atoms with Crippen molar-refractivity contribution >= 4 is 18.0 Å². The number of rotatable bonds is 7. The van der Waals surface area contributed by atoms with E-state index in [2.05, 4.69) is 0 Å². The Morgan fingerprint density at radius 2 is 2.10 bits per heavy atom. The fourth-order valence-electron chi connectivity index (χ4n) is 0.549. The molecule has 0 atom stereocenters. The average Bonchev–Trinajstić information content (AvgIpc) is 1.97. The van der Waals surface area contributed by atoms with Crippen LogP contribution in [0.5, 0.6) is 0 Å². The van der Waals surface area contributed by atoms with Crippen molar-refractivity contribution in [1.82, 2.24) is 0 Å². The third kappa shape index (κ3) is 7.98. The van der Waals surface area contributed by atoms with Gasteiger partial charge in [0.25, 0.3) is 0 Å². The first-order valence-electron chi connectivity index (χ1n) is 3.54. The summed E-state index contributed by atoms with van der Waals surface area (Å²) in [5.74, 6) is 1.99. The van der Waals surface area contributed by atoms with Gasteiger partial charge < -0.3 is 9.90 Å². The van der Waals surface area contributed by atoms with E-state index in [1.165, 1.54) is 0 Å². The van der Waals surface area contributed by atoms with Gasteiger partial charge in [0.05, 0.1) is 0 Å². The van der Waals surface area contributed by atoms with Crippen molar-refractivity contribution in [3.63, 3.8) is 0 Å². The minimum absolute atomic E-state index is 0.286. The lowest BCUT2D eigenvalue weighted by Gasteiger charge is -1.95. The van der Waals surface area contributed by atoms with Gasteiger partial charge in [-0.1, -0.05) is 0 Å². The zero-order valence-corrected chi connectivity index (χ0v) is 6.90. The molecule has 0 aromatic rings. The van der Waals surface area contributed by atoms with Gasteiger partial charge in [0.15, 0.2) is 0 Å². The molecule has 2 nitrogen and oxygen atoms in total. The van der Waals surface area contributed by atoms with E-state index < -0.39 is 0 Å². The van der Waals surface area contributed by atoms with Crippen LogP contribution >= 0.6 is 11.8 Å². The Hall–Kier alpha value is -0.0200. The molecule has 1 N–H and O–H groups in total. The van der Waals surface area contributed by atoms with Crippen LogP contribution in [0.2, 0.25) is 0 Å². The molecule has 0 fully saturated rings. The van der Waals surface area contributed by atoms with Gasteiger partial charge in [0.2, 0.25) is 0 Å². The van der Waals surface area contributed by atoms with Gasteiger partial charge in [-0.15, -0.1) is 0 Å². The van der Waals surface area contributed by atoms with Gasteiger partial charge in [-0.25, -0.2) is 0 Å². The van der Waals surface area contributed by atoms with Crippen LogP contribution in [0.1, 0.15) is 19.3 Å². The van der Waals surface area contributed by atoms with Crippen LogP contribution in [0.15, 0.2) is 0 Å². The van der Waals surface area contributed by atoms with E-state index in [1.54, 1.807) is 11.8 Å². The Labute approximate surface area is 66.0 Å². The molecule has 60 valence electrons. The van der Waals surface area contributed by atoms with Crippen LogP contribution in [0, 0.1) is 0 Å². The summed E-state index contributed by atoms with van der Waals surface area (Å²) in [5, 5.41) is 8.40. The zero-order chi connectivity index (χ0) is 7.66. The molecule has 0 amide bonds. The summed E-state index contributed by atoms with van der Waals surface area (Å²) < 4.78 is 0. The van der Waals surface area contributed by atoms with Crippen LogP contribution < -0.4 is 0 Å². The average molecular weight is 162 g/mol. The number of hydrogen-bond donors (Lipinski definition) is 1. The number of aliphatic hydroxyl groups excluding tert-OH is 1. The normalized spacial score (nSPS) is 9.70. The zero-order valence-electron chi connectivity index (χ0n) is 6.08. The number of hydrogen-bond acceptors (Lipinski definition) is 3. The molecule has 0 aromatic heterocycles. The summed E-state index contributed by atoms with van der Waals surface area (Å²) in [6, 6.07) is 0. The third-order valence-corrected chi connectivity index (χ3v) is 2.18. The first-order valence-corrected chi connectivity index (χ1v) is 4.69. The Morgan fingerprint density at radius 1 is 1.30 bits per heavy atom. The molecule has 0 aliphatic heterocycles. The minimum atomic E-state index is 0.286. The molecule has 0 rings (SSSR count). The van der Waals surface area contributed by atoms with Crippen LogP contribution in [0.3, 0.4) is 0 Å². The third-order valence-electron chi connectivity index (χ3n) is 1.08. The Morgan fingerprint density at radius 3 is 2.70 bits per heavy atom. The van der Waals surface area contributed by atoms with Crippen molar-refractivity contribution in [2.24, 2.45) is 0 Å². The van der Waals surface area contributed by atoms with Crippen molar-refractivity contribution in [3.8, 4) is 0 Å². The van der Waals surface area contributed by atoms with Crippen molar-refractivity contribution in [2.75, 3.05) is 18.1 Å². The highest BCUT2D eigenvalue weighted by molar-refractivity contribution is 7.99. The summed E-state index contributed by atoms with van der Waals surface area (Å²) in [6.45, 7) is 0.286. The standard InChI is InChI=1S/C7H14O2S/c8-4-1-2-6-10-7-3-5-9/h5,8H,1-4,6-7H2. The molecule has 3 heteroatoms. The van der Waals surface area contributed by atoms with Gasteiger partial charge in [0.1, 0.15) is 6.29 Å². The topological polar surface area (TPSA) is 37.3 Å². The Balaban J connectivity index is 2.70. The molecule has 0 spiro atoms. The van der Waals surface area contributed by atoms with Gasteiger partial charge in [-0.2, -0.15) is 11.8 Å². The molecule has 10 heavy (non-hydrogen) atoms. The smallest absolute Gasteiger partial charge is 0.120 e. The summed E-state index contributed by atoms with van der Waals surface area (Å²) >= 11 is 1.78. The molecule has 0 aliphatic carbocycles. The van der Waals surface area contributed by atoms with E-state index in [0.717, 1.165) is 30.6 Å². The van der Waals surface area contributed by atoms with Gasteiger partial charge in [-0.05, 0) is 24.3 Å². The summed E-state index contributed by atoms with van der Waals surface area (Å²) in [5.41, 5.74) is 0. The second-order valence-electron chi connectivity index (χ2n) is 2.00. The molecule has 0 heterocycles. The maximum atomic E-state index is 9.84. The quantitative estimate of drug-likeness (QED) is 0.449. The predicted octanol–water partition coefficient (Wildman–Crippen LogP) is 1.08. The summed E-state index contributed by atoms with van der Waals surface area (Å²) in [7, 11) is 0. The Kier molecular flexibility index (Phi) is 8.96. The van der Waals surface area contributed by atoms with Crippen LogP contribution in [-0.4, -0.2) is 29.5 Å². The number of aldehydes is 1. The maximum Gasteiger partial charge on any atom is 0.120 e. The maximum absolute atomic E-state index is 9.84. The molecule has 0 aliphatic rings. The van der Waals surface area contributed by atoms with E-state index in [-0.39, 0.29) is 6.61 Å². The second-order valence-corrected chi connectivity index (χ2v) is 3.22. The number of carbonyl (C=O) groups is 1. The molecule has 0 aromatic carbocycles. The van der Waals surface area contributed by atoms with Gasteiger partial charge >= 0.3 is 0 Å². The van der Waals surface area contributed by atoms with E-state index >= 15 is 0 Å². The number of aliphatic hydroxyl groups is 1. The van der Waals surface area contributed by atoms with Gasteiger partial charge in [-0.3, -0.25) is 0 Å². The van der Waals surface area contributed by atoms with E-state index in [4.69, 9.17) is 5.11 Å². The molecule has 0 saturated heterocycles. The van der Waals surface area contributed by atoms with E-state index in [1.807, 2.05) is 0 Å². The van der Waals surface area contributed by atoms with Crippen molar-refractivity contribution < 1.29 is 9.90 Å². The molecular weight excluding hydrogens is 148 g/mol. The van der Waals surface area contributed by atoms with E-state index in [9.17, 15) is 4.79 Å². The molecule has 0 bridgehead atoms. The van der Waals surface area contributed by atoms with Crippen LogP contribution in [0.25, 0.3) is 0 Å². The lowest BCUT2D eigenvalue weighted by Crippen LogP contribution is -1.87. The summed E-state index contributed by atoms with van der Waals surface area (Å²) in [6.07, 6.45) is 3.54. The number of unbranched alkanes of at least 4 members (excludes halogenated alkanes) is 1. The summed E-state index contributed by atoms with van der Waals surface area (Å²) in [4.78, 5) is 9.84. The van der Waals surface area contributed by atoms with Crippen molar-refractivity contribution in [3.05, 3.63) is 0 Å². The Bertz CT molecular complexity index is 76.0. The molecular formula is C7H14O2S. The fraction of sp³-hybridized carbons (Fsp3) is 0.857. The largest absolute Gasteiger partial charge is 0.396 e. The van der Waals surface area contributed by atoms with Crippen LogP contribution in [-0.2, 0) is 4.79 Å². The van der Waals surface area contributed by atoms with Crippen LogP contribution in [0.4, 0.5) is 0 Å². The number of thioether (sulfide) groups is 1. The predicted molar refractivity (Wildman–Crippen MR) is 44.3 cm³/mol. The molecule has 0 saturated carbocycles. The highest BCUT2D eigenvalue weighted by Gasteiger charge is 1.88. The highest BCUT2D eigenvalue weighted by atomic mass is 32.2. The van der Waals surface area contributed by atoms with E-state index in [0.29, 0.717) is 6.42 Å². The fourth-order valence-corrected chi connectivity index (χ4v) is 1.42. The minimum Gasteiger partial charge on any atom is -0.396 e. The highest BCUT2D eigenvalue weighted by Crippen LogP contribution is 2.04. The van der Waals surface area contributed by atoms with Gasteiger partial charge in [0, 0.05) is 13.0 Å². The SMILES string of the molecule is O=CCCSCCCCO.